The van der Waals surface area contributed by atoms with Crippen molar-refractivity contribution in [3.05, 3.63) is 102 Å². The fourth-order valence-electron chi connectivity index (χ4n) is 6.55. The first-order chi connectivity index (χ1) is 22.3. The molecule has 6 atom stereocenters. The molecule has 1 aliphatic carbocycles. The zero-order valence-electron chi connectivity index (χ0n) is 26.1. The molecule has 10 nitrogen and oxygen atoms in total. The Morgan fingerprint density at radius 3 is 2.15 bits per heavy atom. The highest BCUT2D eigenvalue weighted by Gasteiger charge is 2.50. The number of amides is 1. The Hall–Kier alpha value is -3.32. The Labute approximate surface area is 270 Å². The van der Waals surface area contributed by atoms with E-state index in [0.29, 0.717) is 38.9 Å². The minimum absolute atomic E-state index is 0.0442. The van der Waals surface area contributed by atoms with Crippen LogP contribution in [-0.2, 0) is 45.1 Å². The molecule has 2 heterocycles. The summed E-state index contributed by atoms with van der Waals surface area (Å²) in [7, 11) is -2.91. The molecule has 0 N–H and O–H groups in total. The van der Waals surface area contributed by atoms with E-state index in [9.17, 15) is 13.2 Å². The Balaban J connectivity index is 1.15. The van der Waals surface area contributed by atoms with Crippen molar-refractivity contribution < 1.29 is 41.6 Å². The lowest BCUT2D eigenvalue weighted by Gasteiger charge is -2.49. The van der Waals surface area contributed by atoms with E-state index in [-0.39, 0.29) is 29.1 Å². The molecule has 0 radical (unpaired) electrons. The molecule has 1 saturated carbocycles. The van der Waals surface area contributed by atoms with Crippen molar-refractivity contribution in [2.24, 2.45) is 5.92 Å². The second kappa shape index (κ2) is 14.6. The van der Waals surface area contributed by atoms with Crippen LogP contribution < -0.4 is 0 Å². The standard InChI is InChI=1S/C35H41NO9S/c1-24-31-30(23-42-33(45-31)26-14-8-4-9-15-26)44-34(32(24)41-22-25-12-6-3-7-13-25)43-28-20-18-27(19-21-28)36(35(37)40-2)46(38,39)29-16-10-5-11-17-29/h3-17,24,27-28,30-34H,18-23H2,1-2H3/t24?,27?,28?,30?,31-,32+,33?,34+/m0/s1. The van der Waals surface area contributed by atoms with Gasteiger partial charge in [0, 0.05) is 11.5 Å². The number of fused-ring (bicyclic) bond motifs is 1. The Morgan fingerprint density at radius 1 is 0.870 bits per heavy atom. The van der Waals surface area contributed by atoms with Gasteiger partial charge in [0.15, 0.2) is 12.6 Å². The molecular formula is C35H41NO9S. The van der Waals surface area contributed by atoms with Crippen LogP contribution >= 0.6 is 0 Å². The van der Waals surface area contributed by atoms with Crippen molar-refractivity contribution in [3.8, 4) is 0 Å². The number of hydrogen-bond acceptors (Lipinski definition) is 9. The normalized spacial score (nSPS) is 29.8. The summed E-state index contributed by atoms with van der Waals surface area (Å²) in [6.45, 7) is 2.82. The quantitative estimate of drug-likeness (QED) is 0.282. The summed E-state index contributed by atoms with van der Waals surface area (Å²) < 4.78 is 64.9. The Bertz CT molecular complexity index is 1520. The van der Waals surface area contributed by atoms with Gasteiger partial charge in [-0.3, -0.25) is 0 Å². The van der Waals surface area contributed by atoms with Gasteiger partial charge in [0.05, 0.1) is 43.5 Å². The van der Waals surface area contributed by atoms with Crippen molar-refractivity contribution in [2.45, 2.75) is 87.1 Å². The minimum Gasteiger partial charge on any atom is -0.452 e. The number of nitrogens with zero attached hydrogens (tertiary/aromatic N) is 1. The van der Waals surface area contributed by atoms with Crippen molar-refractivity contribution in [1.82, 2.24) is 4.31 Å². The number of sulfonamides is 1. The Morgan fingerprint density at radius 2 is 1.50 bits per heavy atom. The summed E-state index contributed by atoms with van der Waals surface area (Å²) in [6.07, 6.45) is -1.48. The molecule has 1 amide bonds. The van der Waals surface area contributed by atoms with Crippen LogP contribution in [0.15, 0.2) is 95.9 Å². The number of benzene rings is 3. The van der Waals surface area contributed by atoms with Gasteiger partial charge in [0.25, 0.3) is 10.0 Å². The summed E-state index contributed by atoms with van der Waals surface area (Å²) in [6, 6.07) is 27.2. The smallest absolute Gasteiger partial charge is 0.423 e. The molecule has 246 valence electrons. The molecule has 3 aromatic rings. The lowest BCUT2D eigenvalue weighted by Crippen LogP contribution is -2.60. The fourth-order valence-corrected chi connectivity index (χ4v) is 8.15. The van der Waals surface area contributed by atoms with Gasteiger partial charge < -0.3 is 28.4 Å². The first-order valence-corrected chi connectivity index (χ1v) is 17.2. The van der Waals surface area contributed by atoms with Crippen molar-refractivity contribution >= 4 is 16.1 Å². The summed E-state index contributed by atoms with van der Waals surface area (Å²) >= 11 is 0. The third kappa shape index (κ3) is 7.15. The maximum absolute atomic E-state index is 13.5. The van der Waals surface area contributed by atoms with Gasteiger partial charge in [-0.2, -0.15) is 4.31 Å². The largest absolute Gasteiger partial charge is 0.452 e. The molecule has 0 aromatic heterocycles. The van der Waals surface area contributed by atoms with Gasteiger partial charge in [-0.05, 0) is 43.4 Å². The maximum atomic E-state index is 13.5. The van der Waals surface area contributed by atoms with Crippen LogP contribution in [0.25, 0.3) is 0 Å². The van der Waals surface area contributed by atoms with E-state index in [1.807, 2.05) is 60.7 Å². The zero-order valence-corrected chi connectivity index (χ0v) is 26.9. The van der Waals surface area contributed by atoms with Crippen LogP contribution in [0.2, 0.25) is 0 Å². The van der Waals surface area contributed by atoms with E-state index in [0.717, 1.165) is 15.4 Å². The van der Waals surface area contributed by atoms with Gasteiger partial charge in [-0.25, -0.2) is 13.2 Å². The van der Waals surface area contributed by atoms with E-state index in [1.165, 1.54) is 19.2 Å². The molecule has 2 saturated heterocycles. The summed E-state index contributed by atoms with van der Waals surface area (Å²) in [5, 5.41) is 0. The second-order valence-electron chi connectivity index (χ2n) is 12.0. The maximum Gasteiger partial charge on any atom is 0.423 e. The lowest BCUT2D eigenvalue weighted by atomic mass is 9.89. The van der Waals surface area contributed by atoms with Crippen LogP contribution in [-0.4, -0.2) is 69.3 Å². The number of methoxy groups -OCH3 is 1. The van der Waals surface area contributed by atoms with Gasteiger partial charge >= 0.3 is 6.09 Å². The molecule has 0 spiro atoms. The molecular weight excluding hydrogens is 610 g/mol. The highest BCUT2D eigenvalue weighted by atomic mass is 32.2. The fraction of sp³-hybridized carbons (Fsp3) is 0.457. The summed E-state index contributed by atoms with van der Waals surface area (Å²) in [5.74, 6) is -0.0789. The monoisotopic (exact) mass is 651 g/mol. The average molecular weight is 652 g/mol. The highest BCUT2D eigenvalue weighted by molar-refractivity contribution is 7.89. The molecule has 3 aromatic carbocycles. The topological polar surface area (TPSA) is 110 Å². The molecule has 2 aliphatic heterocycles. The molecule has 3 aliphatic rings. The summed E-state index contributed by atoms with van der Waals surface area (Å²) in [4.78, 5) is 12.8. The van der Waals surface area contributed by atoms with Gasteiger partial charge in [0.2, 0.25) is 0 Å². The van der Waals surface area contributed by atoms with Gasteiger partial charge in [-0.15, -0.1) is 0 Å². The van der Waals surface area contributed by atoms with Crippen LogP contribution in [0, 0.1) is 5.92 Å². The average Bonchev–Trinajstić information content (AvgIpc) is 3.10. The lowest BCUT2D eigenvalue weighted by molar-refractivity contribution is -0.363. The molecule has 3 unspecified atom stereocenters. The molecule has 3 fully saturated rings. The number of carbonyl (C=O) groups excluding carboxylic acids is 1. The van der Waals surface area contributed by atoms with Gasteiger partial charge in [0.1, 0.15) is 12.2 Å². The molecule has 11 heteroatoms. The third-order valence-electron chi connectivity index (χ3n) is 8.99. The summed E-state index contributed by atoms with van der Waals surface area (Å²) in [5.41, 5.74) is 1.98. The minimum atomic E-state index is -4.10. The number of carbonyl (C=O) groups is 1. The van der Waals surface area contributed by atoms with E-state index in [2.05, 4.69) is 6.92 Å². The van der Waals surface area contributed by atoms with Crippen LogP contribution in [0.1, 0.15) is 50.0 Å². The highest BCUT2D eigenvalue weighted by Crippen LogP contribution is 2.40. The van der Waals surface area contributed by atoms with Crippen LogP contribution in [0.5, 0.6) is 0 Å². The first kappa shape index (κ1) is 32.6. The van der Waals surface area contributed by atoms with Crippen molar-refractivity contribution in [3.63, 3.8) is 0 Å². The molecule has 6 rings (SSSR count). The van der Waals surface area contributed by atoms with E-state index in [1.54, 1.807) is 18.2 Å². The van der Waals surface area contributed by atoms with Crippen molar-refractivity contribution in [1.29, 1.82) is 0 Å². The predicted octanol–water partition coefficient (Wildman–Crippen LogP) is 5.83. The van der Waals surface area contributed by atoms with Crippen molar-refractivity contribution in [2.75, 3.05) is 13.7 Å². The van der Waals surface area contributed by atoms with E-state index >= 15 is 0 Å². The SMILES string of the molecule is COC(=O)N(C1CCC(O[C@@H]2OC3COC(c4ccccc4)O[C@H]3C(C)[C@H]2OCc2ccccc2)CC1)S(=O)(=O)c1ccccc1. The van der Waals surface area contributed by atoms with E-state index < -0.39 is 40.8 Å². The number of hydrogen-bond donors (Lipinski definition) is 0. The van der Waals surface area contributed by atoms with Crippen LogP contribution in [0.4, 0.5) is 4.79 Å². The predicted molar refractivity (Wildman–Crippen MR) is 168 cm³/mol. The number of ether oxygens (including phenoxy) is 6. The van der Waals surface area contributed by atoms with Crippen LogP contribution in [0.3, 0.4) is 0 Å². The number of rotatable bonds is 9. The molecule has 46 heavy (non-hydrogen) atoms. The first-order valence-electron chi connectivity index (χ1n) is 15.8. The molecule has 0 bridgehead atoms. The zero-order chi connectivity index (χ0) is 32.1. The van der Waals surface area contributed by atoms with Gasteiger partial charge in [-0.1, -0.05) is 85.8 Å². The second-order valence-corrected chi connectivity index (χ2v) is 13.8. The third-order valence-corrected chi connectivity index (χ3v) is 10.8. The van der Waals surface area contributed by atoms with E-state index in [4.69, 9.17) is 28.4 Å². The Kier molecular flexibility index (Phi) is 10.4.